The Labute approximate surface area is 202 Å². The predicted molar refractivity (Wildman–Crippen MR) is 130 cm³/mol. The van der Waals surface area contributed by atoms with Crippen molar-refractivity contribution in [2.45, 2.75) is 12.5 Å². The number of hydrogen-bond acceptors (Lipinski definition) is 7. The number of carbonyl (C=O) groups excluding carboxylic acids is 1. The number of anilines is 2. The number of amides is 2. The van der Waals surface area contributed by atoms with Gasteiger partial charge in [0.2, 0.25) is 11.8 Å². The van der Waals surface area contributed by atoms with Gasteiger partial charge in [0.05, 0.1) is 24.0 Å². The van der Waals surface area contributed by atoms with Crippen LogP contribution in [-0.4, -0.2) is 45.1 Å². The average Bonchev–Trinajstić information content (AvgIpc) is 3.28. The van der Waals surface area contributed by atoms with E-state index in [0.717, 1.165) is 11.1 Å². The molecule has 2 amide bonds. The van der Waals surface area contributed by atoms with Gasteiger partial charge in [0.25, 0.3) is 5.92 Å². The first kappa shape index (κ1) is 22.5. The predicted octanol–water partition coefficient (Wildman–Crippen LogP) is 4.22. The first-order valence-corrected chi connectivity index (χ1v) is 11.4. The van der Waals surface area contributed by atoms with Gasteiger partial charge in [-0.3, -0.25) is 5.32 Å². The molecule has 176 valence electrons. The average molecular weight is 493 g/mol. The zero-order chi connectivity index (χ0) is 24.6. The molecule has 5 rings (SSSR count). The van der Waals surface area contributed by atoms with E-state index in [-0.39, 0.29) is 18.4 Å². The van der Waals surface area contributed by atoms with E-state index in [1.54, 1.807) is 17.5 Å². The molecule has 0 unspecified atom stereocenters. The summed E-state index contributed by atoms with van der Waals surface area (Å²) >= 11 is 1.26. The summed E-state index contributed by atoms with van der Waals surface area (Å²) in [7, 11) is 0. The van der Waals surface area contributed by atoms with Crippen LogP contribution in [0.1, 0.15) is 10.6 Å². The van der Waals surface area contributed by atoms with E-state index < -0.39 is 25.0 Å². The van der Waals surface area contributed by atoms with Crippen LogP contribution in [0.2, 0.25) is 0 Å². The van der Waals surface area contributed by atoms with Gasteiger partial charge in [-0.25, -0.2) is 23.5 Å². The molecule has 3 heterocycles. The number of aromatic hydroxyl groups is 1. The van der Waals surface area contributed by atoms with Crippen LogP contribution in [0.5, 0.6) is 5.88 Å². The number of nitrogens with zero attached hydrogens (tertiary/aromatic N) is 4. The number of rotatable bonds is 5. The molecule has 0 aliphatic carbocycles. The van der Waals surface area contributed by atoms with Gasteiger partial charge < -0.3 is 15.3 Å². The Hall–Kier alpha value is -4.30. The van der Waals surface area contributed by atoms with Crippen molar-refractivity contribution in [3.8, 4) is 29.4 Å². The molecule has 35 heavy (non-hydrogen) atoms. The van der Waals surface area contributed by atoms with Crippen LogP contribution in [-0.2, 0) is 6.54 Å². The van der Waals surface area contributed by atoms with E-state index in [9.17, 15) is 18.7 Å². The molecule has 1 aliphatic heterocycles. The molecule has 0 saturated carbocycles. The molecule has 2 aromatic heterocycles. The lowest BCUT2D eigenvalue weighted by Crippen LogP contribution is -2.57. The fraction of sp³-hybridized carbons (Fsp3) is 0.167. The second-order valence-corrected chi connectivity index (χ2v) is 8.80. The Kier molecular flexibility index (Phi) is 5.66. The molecule has 1 saturated heterocycles. The fourth-order valence-corrected chi connectivity index (χ4v) is 4.28. The normalized spacial score (nSPS) is 14.3. The Bertz CT molecular complexity index is 1460. The number of fused-ring (bicyclic) bond motifs is 1. The SMILES string of the molecule is C#Cc1nc(NC(=O)NCc2ccc(-c3cccc4nc(N5CC(F)(F)C5)nc(O)c34)cc2)cs1. The number of halogens is 2. The quantitative estimate of drug-likeness (QED) is 0.361. The number of hydrogen-bond donors (Lipinski definition) is 3. The maximum Gasteiger partial charge on any atom is 0.320 e. The van der Waals surface area contributed by atoms with E-state index in [2.05, 4.69) is 31.5 Å². The Morgan fingerprint density at radius 2 is 1.94 bits per heavy atom. The van der Waals surface area contributed by atoms with E-state index in [1.165, 1.54) is 16.2 Å². The first-order chi connectivity index (χ1) is 16.8. The number of nitrogens with one attached hydrogen (secondary N) is 2. The third kappa shape index (κ3) is 4.69. The standard InChI is InChI=1S/C24H18F2N6O2S/c1-2-19-29-18(11-35-19)30-23(34)27-10-14-6-8-15(9-7-14)16-4-3-5-17-20(16)21(33)31-22(28-17)32-12-24(25,26)13-32/h1,3-9,11H,10,12-13H2,(H2,27,30,34)(H,28,31,33). The highest BCUT2D eigenvalue weighted by Crippen LogP contribution is 2.36. The molecule has 0 radical (unpaired) electrons. The highest BCUT2D eigenvalue weighted by Gasteiger charge is 2.45. The second kappa shape index (κ2) is 8.81. The monoisotopic (exact) mass is 492 g/mol. The van der Waals surface area contributed by atoms with Crippen molar-refractivity contribution < 1.29 is 18.7 Å². The highest BCUT2D eigenvalue weighted by molar-refractivity contribution is 7.10. The van der Waals surface area contributed by atoms with Gasteiger partial charge in [0.1, 0.15) is 5.82 Å². The van der Waals surface area contributed by atoms with Gasteiger partial charge in [-0.05, 0) is 28.7 Å². The van der Waals surface area contributed by atoms with Gasteiger partial charge in [0.15, 0.2) is 5.01 Å². The molecule has 0 bridgehead atoms. The molecule has 1 fully saturated rings. The Morgan fingerprint density at radius 3 is 2.63 bits per heavy atom. The maximum absolute atomic E-state index is 13.2. The lowest BCUT2D eigenvalue weighted by molar-refractivity contribution is -0.0272. The number of urea groups is 1. The number of thiazole rings is 1. The molecular weight excluding hydrogens is 474 g/mol. The van der Waals surface area contributed by atoms with Crippen LogP contribution in [0.3, 0.4) is 0 Å². The summed E-state index contributed by atoms with van der Waals surface area (Å²) in [5.41, 5.74) is 2.81. The van der Waals surface area contributed by atoms with E-state index >= 15 is 0 Å². The molecule has 0 atom stereocenters. The smallest absolute Gasteiger partial charge is 0.320 e. The van der Waals surface area contributed by atoms with Crippen LogP contribution in [0, 0.1) is 12.3 Å². The molecule has 8 nitrogen and oxygen atoms in total. The van der Waals surface area contributed by atoms with Crippen LogP contribution in [0.25, 0.3) is 22.0 Å². The minimum atomic E-state index is -2.76. The second-order valence-electron chi connectivity index (χ2n) is 7.95. The number of benzene rings is 2. The molecule has 3 N–H and O–H groups in total. The van der Waals surface area contributed by atoms with Crippen molar-refractivity contribution in [3.05, 3.63) is 58.4 Å². The summed E-state index contributed by atoms with van der Waals surface area (Å²) in [6, 6.07) is 12.3. The largest absolute Gasteiger partial charge is 0.493 e. The van der Waals surface area contributed by atoms with Crippen LogP contribution >= 0.6 is 11.3 Å². The minimum absolute atomic E-state index is 0.0749. The minimum Gasteiger partial charge on any atom is -0.493 e. The van der Waals surface area contributed by atoms with Crippen LogP contribution < -0.4 is 15.5 Å². The molecule has 11 heteroatoms. The van der Waals surface area contributed by atoms with Gasteiger partial charge in [-0.1, -0.05) is 36.4 Å². The van der Waals surface area contributed by atoms with E-state index in [0.29, 0.717) is 27.3 Å². The van der Waals surface area contributed by atoms with Gasteiger partial charge in [-0.2, -0.15) is 4.98 Å². The van der Waals surface area contributed by atoms with Crippen molar-refractivity contribution >= 4 is 40.0 Å². The summed E-state index contributed by atoms with van der Waals surface area (Å²) in [5.74, 6) is -0.161. The van der Waals surface area contributed by atoms with Crippen LogP contribution in [0.4, 0.5) is 25.3 Å². The van der Waals surface area contributed by atoms with Crippen molar-refractivity contribution in [1.82, 2.24) is 20.3 Å². The highest BCUT2D eigenvalue weighted by atomic mass is 32.1. The van der Waals surface area contributed by atoms with Crippen molar-refractivity contribution in [2.24, 2.45) is 0 Å². The zero-order valence-electron chi connectivity index (χ0n) is 18.1. The molecule has 0 spiro atoms. The summed E-state index contributed by atoms with van der Waals surface area (Å²) in [6.07, 6.45) is 5.28. The summed E-state index contributed by atoms with van der Waals surface area (Å²) in [5, 5.41) is 18.6. The van der Waals surface area contributed by atoms with Crippen molar-refractivity contribution in [3.63, 3.8) is 0 Å². The fourth-order valence-electron chi connectivity index (χ4n) is 3.73. The number of terminal acetylenes is 1. The van der Waals surface area contributed by atoms with Gasteiger partial charge in [0, 0.05) is 11.9 Å². The van der Waals surface area contributed by atoms with Crippen LogP contribution in [0.15, 0.2) is 47.8 Å². The molecular formula is C24H18F2N6O2S. The number of alkyl halides is 2. The Morgan fingerprint density at radius 1 is 1.17 bits per heavy atom. The van der Waals surface area contributed by atoms with Gasteiger partial charge in [-0.15, -0.1) is 17.8 Å². The lowest BCUT2D eigenvalue weighted by atomic mass is 10.00. The topological polar surface area (TPSA) is 103 Å². The first-order valence-electron chi connectivity index (χ1n) is 10.5. The van der Waals surface area contributed by atoms with E-state index in [1.807, 2.05) is 30.3 Å². The summed E-state index contributed by atoms with van der Waals surface area (Å²) in [4.78, 5) is 25.9. The Balaban J connectivity index is 1.29. The van der Waals surface area contributed by atoms with Crippen molar-refractivity contribution in [2.75, 3.05) is 23.3 Å². The summed E-state index contributed by atoms with van der Waals surface area (Å²) < 4.78 is 26.4. The number of aromatic nitrogens is 3. The van der Waals surface area contributed by atoms with Crippen molar-refractivity contribution in [1.29, 1.82) is 0 Å². The zero-order valence-corrected chi connectivity index (χ0v) is 18.9. The third-order valence-electron chi connectivity index (χ3n) is 5.41. The lowest BCUT2D eigenvalue weighted by Gasteiger charge is -2.38. The molecule has 1 aliphatic rings. The van der Waals surface area contributed by atoms with Gasteiger partial charge >= 0.3 is 6.03 Å². The third-order valence-corrected chi connectivity index (χ3v) is 6.18. The number of carbonyl (C=O) groups is 1. The molecule has 4 aromatic rings. The molecule has 2 aromatic carbocycles. The van der Waals surface area contributed by atoms with E-state index in [4.69, 9.17) is 6.42 Å². The summed E-state index contributed by atoms with van der Waals surface area (Å²) in [6.45, 7) is -0.659. The maximum atomic E-state index is 13.2.